The summed E-state index contributed by atoms with van der Waals surface area (Å²) >= 11 is 9.45. The summed E-state index contributed by atoms with van der Waals surface area (Å²) < 4.78 is 2.10. The van der Waals surface area contributed by atoms with E-state index < -0.39 is 0 Å². The quantitative estimate of drug-likeness (QED) is 0.675. The highest BCUT2D eigenvalue weighted by Crippen LogP contribution is 2.24. The Balaban J connectivity index is 2.44. The maximum atomic E-state index is 13.1. The molecule has 0 aliphatic heterocycles. The molecule has 0 radical (unpaired) electrons. The molecule has 0 fully saturated rings. The van der Waals surface area contributed by atoms with Gasteiger partial charge >= 0.3 is 0 Å². The van der Waals surface area contributed by atoms with E-state index in [0.717, 1.165) is 18.4 Å². The number of hydrogen-bond donors (Lipinski definition) is 1. The van der Waals surface area contributed by atoms with Crippen LogP contribution in [0.5, 0.6) is 0 Å². The lowest BCUT2D eigenvalue weighted by molar-refractivity contribution is 0.0933. The molecule has 1 amide bonds. The highest BCUT2D eigenvalue weighted by molar-refractivity contribution is 9.10. The van der Waals surface area contributed by atoms with Gasteiger partial charge in [-0.2, -0.15) is 0 Å². The Morgan fingerprint density at radius 3 is 2.58 bits per heavy atom. The first-order valence-electron chi connectivity index (χ1n) is 8.77. The normalized spacial score (nSPS) is 12.1. The molecule has 4 nitrogen and oxygen atoms in total. The minimum atomic E-state index is -0.183. The van der Waals surface area contributed by atoms with Crippen LogP contribution in [0.25, 0.3) is 0 Å². The van der Waals surface area contributed by atoms with Crippen molar-refractivity contribution in [2.24, 2.45) is 0 Å². The number of nitrogens with one attached hydrogen (secondary N) is 1. The van der Waals surface area contributed by atoms with Crippen LogP contribution in [0.3, 0.4) is 0 Å². The number of halogens is 2. The molecule has 2 rings (SSSR count). The molecule has 1 N–H and O–H groups in total. The second kappa shape index (κ2) is 8.87. The molecule has 0 aliphatic rings. The van der Waals surface area contributed by atoms with E-state index >= 15 is 0 Å². The number of carbonyl (C=O) groups is 1. The van der Waals surface area contributed by atoms with E-state index in [0.29, 0.717) is 32.9 Å². The Kier molecular flexibility index (Phi) is 7.07. The number of benzene rings is 1. The molecule has 1 heterocycles. The molecule has 140 valence electrons. The molecule has 2 aromatic rings. The third kappa shape index (κ3) is 4.21. The molecule has 0 bridgehead atoms. The Morgan fingerprint density at radius 1 is 1.31 bits per heavy atom. The number of aromatic nitrogens is 1. The van der Waals surface area contributed by atoms with Gasteiger partial charge < -0.3 is 9.88 Å². The molecular formula is C20H24BrClN2O2. The molecule has 0 saturated heterocycles. The predicted octanol–water partition coefficient (Wildman–Crippen LogP) is 5.17. The lowest BCUT2D eigenvalue weighted by atomic mass is 10.0. The van der Waals surface area contributed by atoms with Crippen LogP contribution in [0, 0.1) is 13.8 Å². The summed E-state index contributed by atoms with van der Waals surface area (Å²) in [6.45, 7) is 8.22. The molecule has 0 spiro atoms. The van der Waals surface area contributed by atoms with Gasteiger partial charge in [-0.25, -0.2) is 0 Å². The predicted molar refractivity (Wildman–Crippen MR) is 110 cm³/mol. The van der Waals surface area contributed by atoms with Crippen LogP contribution in [0.2, 0.25) is 5.02 Å². The third-order valence-corrected chi connectivity index (χ3v) is 5.71. The molecule has 0 saturated carbocycles. The van der Waals surface area contributed by atoms with Crippen molar-refractivity contribution in [2.75, 3.05) is 0 Å². The molecule has 26 heavy (non-hydrogen) atoms. The van der Waals surface area contributed by atoms with Gasteiger partial charge in [0.05, 0.1) is 16.1 Å². The minimum absolute atomic E-state index is 0.0970. The number of nitrogens with zero attached hydrogens (tertiary/aromatic N) is 1. The zero-order valence-corrected chi connectivity index (χ0v) is 17.9. The Labute approximate surface area is 167 Å². The van der Waals surface area contributed by atoms with Gasteiger partial charge in [-0.15, -0.1) is 0 Å². The van der Waals surface area contributed by atoms with E-state index in [2.05, 4.69) is 21.2 Å². The van der Waals surface area contributed by atoms with Crippen LogP contribution >= 0.6 is 27.5 Å². The molecule has 1 aromatic carbocycles. The fourth-order valence-electron chi connectivity index (χ4n) is 3.15. The summed E-state index contributed by atoms with van der Waals surface area (Å²) in [7, 11) is 0. The van der Waals surface area contributed by atoms with Crippen LogP contribution in [-0.4, -0.2) is 10.5 Å². The lowest BCUT2D eigenvalue weighted by Crippen LogP contribution is -2.33. The van der Waals surface area contributed by atoms with Crippen molar-refractivity contribution in [1.82, 2.24) is 9.88 Å². The van der Waals surface area contributed by atoms with Gasteiger partial charge in [-0.1, -0.05) is 37.6 Å². The number of rotatable bonds is 6. The van der Waals surface area contributed by atoms with Crippen LogP contribution in [0.15, 0.2) is 33.5 Å². The van der Waals surface area contributed by atoms with Crippen molar-refractivity contribution in [2.45, 2.75) is 53.1 Å². The van der Waals surface area contributed by atoms with Crippen LogP contribution in [-0.2, 0) is 6.54 Å². The Morgan fingerprint density at radius 2 is 2.00 bits per heavy atom. The number of carbonyl (C=O) groups excluding carboxylic acids is 1. The highest BCUT2D eigenvalue weighted by atomic mass is 79.9. The molecule has 1 aromatic heterocycles. The van der Waals surface area contributed by atoms with Gasteiger partial charge in [0, 0.05) is 17.3 Å². The summed E-state index contributed by atoms with van der Waals surface area (Å²) in [4.78, 5) is 25.5. The molecular weight excluding hydrogens is 416 g/mol. The molecule has 0 aliphatic carbocycles. The topological polar surface area (TPSA) is 51.1 Å². The van der Waals surface area contributed by atoms with E-state index in [9.17, 15) is 9.59 Å². The molecule has 6 heteroatoms. The fourth-order valence-corrected chi connectivity index (χ4v) is 3.76. The maximum absolute atomic E-state index is 13.1. The van der Waals surface area contributed by atoms with Gasteiger partial charge in [0.2, 0.25) is 0 Å². The smallest absolute Gasteiger partial charge is 0.265 e. The second-order valence-electron chi connectivity index (χ2n) is 6.35. The van der Waals surface area contributed by atoms with E-state index in [1.807, 2.05) is 45.0 Å². The van der Waals surface area contributed by atoms with E-state index in [1.165, 1.54) is 0 Å². The Bertz CT molecular complexity index is 877. The van der Waals surface area contributed by atoms with Crippen molar-refractivity contribution in [1.29, 1.82) is 0 Å². The first-order valence-corrected chi connectivity index (χ1v) is 9.94. The summed E-state index contributed by atoms with van der Waals surface area (Å²) in [6.07, 6.45) is 1.55. The first-order chi connectivity index (χ1) is 12.3. The Hall–Kier alpha value is -1.59. The second-order valence-corrected chi connectivity index (χ2v) is 7.57. The molecule has 0 unspecified atom stereocenters. The monoisotopic (exact) mass is 438 g/mol. The summed E-state index contributed by atoms with van der Waals surface area (Å²) in [6, 6.07) is 7.36. The average Bonchev–Trinajstić information content (AvgIpc) is 2.61. The van der Waals surface area contributed by atoms with Crippen molar-refractivity contribution < 1.29 is 4.79 Å². The van der Waals surface area contributed by atoms with Gasteiger partial charge in [0.15, 0.2) is 0 Å². The fraction of sp³-hybridized carbons (Fsp3) is 0.400. The maximum Gasteiger partial charge on any atom is 0.265 e. The van der Waals surface area contributed by atoms with Gasteiger partial charge in [-0.3, -0.25) is 9.59 Å². The van der Waals surface area contributed by atoms with E-state index in [4.69, 9.17) is 11.6 Å². The number of pyridine rings is 1. The van der Waals surface area contributed by atoms with E-state index in [-0.39, 0.29) is 17.5 Å². The summed E-state index contributed by atoms with van der Waals surface area (Å²) in [5.74, 6) is -0.183. The minimum Gasteiger partial charge on any atom is -0.345 e. The number of hydrogen-bond acceptors (Lipinski definition) is 2. The van der Waals surface area contributed by atoms with Gasteiger partial charge in [0.25, 0.3) is 11.5 Å². The van der Waals surface area contributed by atoms with Gasteiger partial charge in [0.1, 0.15) is 0 Å². The zero-order valence-electron chi connectivity index (χ0n) is 15.5. The first kappa shape index (κ1) is 20.7. The average molecular weight is 440 g/mol. The van der Waals surface area contributed by atoms with Crippen LogP contribution in [0.1, 0.15) is 59.9 Å². The highest BCUT2D eigenvalue weighted by Gasteiger charge is 2.22. The zero-order chi connectivity index (χ0) is 19.4. The number of amides is 1. The largest absolute Gasteiger partial charge is 0.345 e. The van der Waals surface area contributed by atoms with Crippen molar-refractivity contribution in [3.05, 3.63) is 66.5 Å². The lowest BCUT2D eigenvalue weighted by Gasteiger charge is -2.21. The van der Waals surface area contributed by atoms with Crippen molar-refractivity contribution >= 4 is 33.4 Å². The van der Waals surface area contributed by atoms with Crippen molar-refractivity contribution in [3.8, 4) is 0 Å². The summed E-state index contributed by atoms with van der Waals surface area (Å²) in [5, 5.41) is 3.73. The van der Waals surface area contributed by atoms with Crippen molar-refractivity contribution in [3.63, 3.8) is 0 Å². The van der Waals surface area contributed by atoms with E-state index in [1.54, 1.807) is 11.5 Å². The standard InChI is InChI=1S/C20H24BrClN2O2/c1-5-10-24-13(4)17(12(3)18(21)20(24)26)19(25)23-16(6-2)14-8-7-9-15(22)11-14/h7-9,11,16H,5-6,10H2,1-4H3,(H,23,25)/t16-/m0/s1. The summed E-state index contributed by atoms with van der Waals surface area (Å²) in [5.41, 5.74) is 2.77. The van der Waals surface area contributed by atoms with Gasteiger partial charge in [-0.05, 0) is 65.9 Å². The SMILES string of the molecule is CCCn1c(C)c(C(=O)N[C@@H](CC)c2cccc(Cl)c2)c(C)c(Br)c1=O. The van der Waals surface area contributed by atoms with Crippen LogP contribution < -0.4 is 10.9 Å². The van der Waals surface area contributed by atoms with Crippen LogP contribution in [0.4, 0.5) is 0 Å². The molecule has 1 atom stereocenters. The third-order valence-electron chi connectivity index (χ3n) is 4.54.